The molecule has 1 aromatic heterocycles. The number of thiazole rings is 1. The number of nitrogens with one attached hydrogen (secondary N) is 1. The van der Waals surface area contributed by atoms with Gasteiger partial charge in [-0.2, -0.15) is 11.8 Å². The van der Waals surface area contributed by atoms with E-state index in [0.29, 0.717) is 11.8 Å². The van der Waals surface area contributed by atoms with Gasteiger partial charge in [0.25, 0.3) is 0 Å². The number of benzene rings is 1. The highest BCUT2D eigenvalue weighted by Gasteiger charge is 2.21. The predicted octanol–water partition coefficient (Wildman–Crippen LogP) is 4.61. The standard InChI is InChI=1S/C22H30N4O2S2/c1-17-15-30-22(23-17)26-9-3-8-25(10-11-26)21(27)24-19-5-2-4-18(14-19)16-29-20-6-12-28-13-7-20/h2,4-5,14-15,20H,3,6-13,16H2,1H3,(H,24,27). The lowest BCUT2D eigenvalue weighted by Crippen LogP contribution is -2.38. The van der Waals surface area contributed by atoms with Crippen LogP contribution in [0.1, 0.15) is 30.5 Å². The van der Waals surface area contributed by atoms with Gasteiger partial charge in [-0.25, -0.2) is 9.78 Å². The zero-order valence-electron chi connectivity index (χ0n) is 17.5. The summed E-state index contributed by atoms with van der Waals surface area (Å²) < 4.78 is 5.44. The summed E-state index contributed by atoms with van der Waals surface area (Å²) >= 11 is 3.68. The van der Waals surface area contributed by atoms with Gasteiger partial charge in [-0.15, -0.1) is 11.3 Å². The van der Waals surface area contributed by atoms with Crippen LogP contribution in [-0.2, 0) is 10.5 Å². The highest BCUT2D eigenvalue weighted by Crippen LogP contribution is 2.27. The van der Waals surface area contributed by atoms with E-state index in [-0.39, 0.29) is 6.03 Å². The van der Waals surface area contributed by atoms with Crippen LogP contribution in [0.25, 0.3) is 0 Å². The minimum atomic E-state index is -0.0126. The molecule has 1 N–H and O–H groups in total. The lowest BCUT2D eigenvalue weighted by molar-refractivity contribution is 0.1000. The topological polar surface area (TPSA) is 57.7 Å². The number of nitrogens with zero attached hydrogens (tertiary/aromatic N) is 3. The Hall–Kier alpha value is -1.77. The van der Waals surface area contributed by atoms with Crippen LogP contribution in [0.5, 0.6) is 0 Å². The Morgan fingerprint density at radius 3 is 2.93 bits per heavy atom. The molecule has 6 nitrogen and oxygen atoms in total. The van der Waals surface area contributed by atoms with E-state index >= 15 is 0 Å². The van der Waals surface area contributed by atoms with Crippen LogP contribution < -0.4 is 10.2 Å². The SMILES string of the molecule is Cc1csc(N2CCCN(C(=O)Nc3cccc(CSC4CCOCC4)c3)CC2)n1. The summed E-state index contributed by atoms with van der Waals surface area (Å²) in [5.41, 5.74) is 3.19. The fourth-order valence-electron chi connectivity index (χ4n) is 3.80. The molecule has 0 bridgehead atoms. The summed E-state index contributed by atoms with van der Waals surface area (Å²) in [6.45, 7) is 7.02. The third kappa shape index (κ3) is 5.89. The number of carbonyl (C=O) groups is 1. The highest BCUT2D eigenvalue weighted by atomic mass is 32.2. The molecule has 2 amide bonds. The first kappa shape index (κ1) is 21.5. The molecule has 8 heteroatoms. The average Bonchev–Trinajstić information content (AvgIpc) is 3.05. The molecule has 2 fully saturated rings. The van der Waals surface area contributed by atoms with Crippen molar-refractivity contribution in [3.8, 4) is 0 Å². The molecule has 1 aromatic carbocycles. The summed E-state index contributed by atoms with van der Waals surface area (Å²) in [5.74, 6) is 0.973. The van der Waals surface area contributed by atoms with Crippen LogP contribution in [0, 0.1) is 6.92 Å². The first-order valence-corrected chi connectivity index (χ1v) is 12.6. The molecule has 0 aliphatic carbocycles. The Bertz CT molecular complexity index is 838. The van der Waals surface area contributed by atoms with E-state index in [9.17, 15) is 4.79 Å². The maximum atomic E-state index is 12.8. The van der Waals surface area contributed by atoms with Crippen LogP contribution >= 0.6 is 23.1 Å². The van der Waals surface area contributed by atoms with Crippen molar-refractivity contribution in [2.24, 2.45) is 0 Å². The molecule has 3 heterocycles. The Morgan fingerprint density at radius 2 is 2.13 bits per heavy atom. The lowest BCUT2D eigenvalue weighted by atomic mass is 10.2. The Balaban J connectivity index is 1.29. The molecule has 4 rings (SSSR count). The third-order valence-electron chi connectivity index (χ3n) is 5.49. The average molecular weight is 447 g/mol. The van der Waals surface area contributed by atoms with Crippen molar-refractivity contribution >= 4 is 39.9 Å². The zero-order valence-corrected chi connectivity index (χ0v) is 19.1. The van der Waals surface area contributed by atoms with Gasteiger partial charge in [0.15, 0.2) is 5.13 Å². The first-order valence-electron chi connectivity index (χ1n) is 10.7. The van der Waals surface area contributed by atoms with E-state index in [2.05, 4.69) is 32.7 Å². The number of ether oxygens (including phenoxy) is 1. The van der Waals surface area contributed by atoms with E-state index in [1.54, 1.807) is 11.3 Å². The van der Waals surface area contributed by atoms with Gasteiger partial charge >= 0.3 is 6.03 Å². The van der Waals surface area contributed by atoms with E-state index in [1.165, 1.54) is 5.56 Å². The number of urea groups is 1. The van der Waals surface area contributed by atoms with Crippen LogP contribution in [0.3, 0.4) is 0 Å². The number of carbonyl (C=O) groups excluding carboxylic acids is 1. The molecule has 2 aromatic rings. The molecule has 0 spiro atoms. The number of thioether (sulfide) groups is 1. The Labute approximate surface area is 187 Å². The molecule has 162 valence electrons. The second kappa shape index (κ2) is 10.5. The summed E-state index contributed by atoms with van der Waals surface area (Å²) in [4.78, 5) is 21.7. The van der Waals surface area contributed by atoms with Crippen molar-refractivity contribution in [1.82, 2.24) is 9.88 Å². The van der Waals surface area contributed by atoms with Gasteiger partial charge in [0, 0.05) is 61.5 Å². The van der Waals surface area contributed by atoms with Crippen LogP contribution in [0.2, 0.25) is 0 Å². The molecular weight excluding hydrogens is 416 g/mol. The monoisotopic (exact) mass is 446 g/mol. The quantitative estimate of drug-likeness (QED) is 0.727. The van der Waals surface area contributed by atoms with Crippen LogP contribution in [0.4, 0.5) is 15.6 Å². The third-order valence-corrected chi connectivity index (χ3v) is 7.95. The van der Waals surface area contributed by atoms with Crippen molar-refractivity contribution in [2.75, 3.05) is 49.6 Å². The minimum Gasteiger partial charge on any atom is -0.381 e. The molecule has 2 saturated heterocycles. The first-order chi connectivity index (χ1) is 14.7. The van der Waals surface area contributed by atoms with Crippen molar-refractivity contribution < 1.29 is 9.53 Å². The number of aryl methyl sites for hydroxylation is 1. The minimum absolute atomic E-state index is 0.0126. The highest BCUT2D eigenvalue weighted by molar-refractivity contribution is 7.99. The summed E-state index contributed by atoms with van der Waals surface area (Å²) in [6.07, 6.45) is 3.22. The molecule has 2 aliphatic heterocycles. The number of aromatic nitrogens is 1. The predicted molar refractivity (Wildman–Crippen MR) is 126 cm³/mol. The van der Waals surface area contributed by atoms with Crippen molar-refractivity contribution in [3.63, 3.8) is 0 Å². The van der Waals surface area contributed by atoms with Crippen LogP contribution in [-0.4, -0.2) is 60.6 Å². The van der Waals surface area contributed by atoms with E-state index in [4.69, 9.17) is 4.74 Å². The van der Waals surface area contributed by atoms with Crippen molar-refractivity contribution in [2.45, 2.75) is 37.2 Å². The van der Waals surface area contributed by atoms with Gasteiger partial charge in [-0.05, 0) is 43.9 Å². The van der Waals surface area contributed by atoms with Gasteiger partial charge in [0.05, 0.1) is 5.69 Å². The fourth-order valence-corrected chi connectivity index (χ4v) is 5.79. The smallest absolute Gasteiger partial charge is 0.321 e. The second-order valence-electron chi connectivity index (χ2n) is 7.85. The molecule has 30 heavy (non-hydrogen) atoms. The molecule has 0 radical (unpaired) electrons. The number of amides is 2. The number of anilines is 2. The molecular formula is C22H30N4O2S2. The number of hydrogen-bond donors (Lipinski definition) is 1. The van der Waals surface area contributed by atoms with E-state index in [0.717, 1.165) is 74.4 Å². The largest absolute Gasteiger partial charge is 0.381 e. The van der Waals surface area contributed by atoms with Crippen molar-refractivity contribution in [1.29, 1.82) is 0 Å². The normalized spacial score (nSPS) is 18.3. The maximum absolute atomic E-state index is 12.8. The zero-order chi connectivity index (χ0) is 20.8. The van der Waals surface area contributed by atoms with Crippen LogP contribution in [0.15, 0.2) is 29.6 Å². The van der Waals surface area contributed by atoms with Gasteiger partial charge in [0.2, 0.25) is 0 Å². The number of rotatable bonds is 5. The van der Waals surface area contributed by atoms with Crippen molar-refractivity contribution in [3.05, 3.63) is 40.9 Å². The Kier molecular flexibility index (Phi) is 7.52. The lowest BCUT2D eigenvalue weighted by Gasteiger charge is -2.22. The summed E-state index contributed by atoms with van der Waals surface area (Å²) in [7, 11) is 0. The molecule has 0 saturated carbocycles. The molecule has 2 aliphatic rings. The fraction of sp³-hybridized carbons (Fsp3) is 0.545. The van der Waals surface area contributed by atoms with Gasteiger partial charge in [-0.1, -0.05) is 12.1 Å². The summed E-state index contributed by atoms with van der Waals surface area (Å²) in [6, 6.07) is 8.24. The number of hydrogen-bond acceptors (Lipinski definition) is 6. The van der Waals surface area contributed by atoms with Gasteiger partial charge in [0.1, 0.15) is 0 Å². The maximum Gasteiger partial charge on any atom is 0.321 e. The Morgan fingerprint density at radius 1 is 1.27 bits per heavy atom. The van der Waals surface area contributed by atoms with E-state index < -0.39 is 0 Å². The molecule has 0 atom stereocenters. The van der Waals surface area contributed by atoms with Gasteiger partial charge in [-0.3, -0.25) is 0 Å². The summed E-state index contributed by atoms with van der Waals surface area (Å²) in [5, 5.41) is 6.92. The second-order valence-corrected chi connectivity index (χ2v) is 9.98. The van der Waals surface area contributed by atoms with E-state index in [1.807, 2.05) is 35.7 Å². The van der Waals surface area contributed by atoms with Gasteiger partial charge < -0.3 is 19.9 Å². The molecule has 0 unspecified atom stereocenters.